The second-order valence-corrected chi connectivity index (χ2v) is 5.84. The second kappa shape index (κ2) is 6.74. The maximum atomic E-state index is 12.3. The van der Waals surface area contributed by atoms with Gasteiger partial charge in [0.05, 0.1) is 11.0 Å². The summed E-state index contributed by atoms with van der Waals surface area (Å²) in [6.45, 7) is 5.41. The number of aryl methyl sites for hydroxylation is 2. The average molecular weight is 322 g/mol. The van der Waals surface area contributed by atoms with E-state index in [1.807, 2.05) is 31.2 Å². The lowest BCUT2D eigenvalue weighted by Gasteiger charge is -2.09. The highest BCUT2D eigenvalue weighted by atomic mass is 16.1. The van der Waals surface area contributed by atoms with Crippen molar-refractivity contribution >= 4 is 22.6 Å². The van der Waals surface area contributed by atoms with Crippen LogP contribution in [-0.2, 0) is 13.0 Å². The van der Waals surface area contributed by atoms with Gasteiger partial charge in [0.2, 0.25) is 0 Å². The number of hydrogen-bond acceptors (Lipinski definition) is 3. The molecule has 0 saturated heterocycles. The number of imidazole rings is 1. The lowest BCUT2D eigenvalue weighted by molar-refractivity contribution is 0.0953. The van der Waals surface area contributed by atoms with Crippen LogP contribution in [0.3, 0.4) is 0 Å². The van der Waals surface area contributed by atoms with Crippen LogP contribution in [0.4, 0.5) is 5.69 Å². The van der Waals surface area contributed by atoms with E-state index < -0.39 is 0 Å². The second-order valence-electron chi connectivity index (χ2n) is 5.84. The molecule has 0 bridgehead atoms. The Morgan fingerprint density at radius 2 is 2.04 bits per heavy atom. The number of nitrogens with one attached hydrogen (secondary N) is 1. The summed E-state index contributed by atoms with van der Waals surface area (Å²) in [5.41, 5.74) is 10.0. The number of para-hydroxylation sites is 2. The van der Waals surface area contributed by atoms with E-state index in [0.717, 1.165) is 29.0 Å². The van der Waals surface area contributed by atoms with Crippen molar-refractivity contribution in [3.8, 4) is 0 Å². The van der Waals surface area contributed by atoms with Crippen molar-refractivity contribution in [1.82, 2.24) is 14.9 Å². The number of nitrogen functional groups attached to an aromatic ring is 1. The molecular formula is C19H22N4O. The van der Waals surface area contributed by atoms with Gasteiger partial charge in [-0.05, 0) is 43.7 Å². The van der Waals surface area contributed by atoms with Crippen molar-refractivity contribution in [3.63, 3.8) is 0 Å². The third-order valence-corrected chi connectivity index (χ3v) is 4.19. The minimum atomic E-state index is -0.0982. The molecule has 24 heavy (non-hydrogen) atoms. The number of aromatic nitrogens is 2. The van der Waals surface area contributed by atoms with Gasteiger partial charge in [-0.1, -0.05) is 18.2 Å². The minimum absolute atomic E-state index is 0.0982. The van der Waals surface area contributed by atoms with E-state index >= 15 is 0 Å². The van der Waals surface area contributed by atoms with Gasteiger partial charge in [-0.3, -0.25) is 4.79 Å². The Kier molecular flexibility index (Phi) is 4.51. The first-order valence-electron chi connectivity index (χ1n) is 8.18. The van der Waals surface area contributed by atoms with Crippen LogP contribution in [0.5, 0.6) is 0 Å². The smallest absolute Gasteiger partial charge is 0.251 e. The largest absolute Gasteiger partial charge is 0.399 e. The fourth-order valence-corrected chi connectivity index (χ4v) is 2.94. The van der Waals surface area contributed by atoms with Crippen molar-refractivity contribution in [3.05, 3.63) is 59.4 Å². The number of amides is 1. The molecule has 0 fully saturated rings. The highest BCUT2D eigenvalue weighted by Gasteiger charge is 2.11. The summed E-state index contributed by atoms with van der Waals surface area (Å²) < 4.78 is 2.19. The summed E-state index contributed by atoms with van der Waals surface area (Å²) in [5, 5.41) is 2.96. The zero-order valence-electron chi connectivity index (χ0n) is 14.0. The van der Waals surface area contributed by atoms with Crippen LogP contribution in [0.25, 0.3) is 11.0 Å². The molecule has 0 saturated carbocycles. The van der Waals surface area contributed by atoms with Gasteiger partial charge in [0.15, 0.2) is 0 Å². The number of hydrogen-bond donors (Lipinski definition) is 2. The Labute approximate surface area is 141 Å². The average Bonchev–Trinajstić information content (AvgIpc) is 2.94. The van der Waals surface area contributed by atoms with E-state index in [1.54, 1.807) is 12.1 Å². The zero-order chi connectivity index (χ0) is 17.1. The lowest BCUT2D eigenvalue weighted by Crippen LogP contribution is -2.27. The Bertz CT molecular complexity index is 882. The number of carbonyl (C=O) groups is 1. The van der Waals surface area contributed by atoms with Crippen LogP contribution in [-0.4, -0.2) is 22.0 Å². The molecule has 0 aliphatic heterocycles. The molecule has 5 nitrogen and oxygen atoms in total. The van der Waals surface area contributed by atoms with Gasteiger partial charge < -0.3 is 15.6 Å². The minimum Gasteiger partial charge on any atom is -0.399 e. The van der Waals surface area contributed by atoms with Crippen molar-refractivity contribution in [1.29, 1.82) is 0 Å². The Morgan fingerprint density at radius 1 is 1.25 bits per heavy atom. The first-order valence-corrected chi connectivity index (χ1v) is 8.18. The SMILES string of the molecule is CCn1c(CCNC(=O)c2cc(N)ccc2C)nc2ccccc21. The number of rotatable bonds is 5. The van der Waals surface area contributed by atoms with Gasteiger partial charge in [-0.25, -0.2) is 4.98 Å². The monoisotopic (exact) mass is 322 g/mol. The third kappa shape index (κ3) is 3.11. The lowest BCUT2D eigenvalue weighted by atomic mass is 10.1. The maximum absolute atomic E-state index is 12.3. The molecule has 0 radical (unpaired) electrons. The number of nitrogens with zero attached hydrogens (tertiary/aromatic N) is 2. The Morgan fingerprint density at radius 3 is 2.83 bits per heavy atom. The predicted octanol–water partition coefficient (Wildman–Crippen LogP) is 2.92. The summed E-state index contributed by atoms with van der Waals surface area (Å²) in [6, 6.07) is 13.5. The van der Waals surface area contributed by atoms with Gasteiger partial charge in [0.25, 0.3) is 5.91 Å². The van der Waals surface area contributed by atoms with Crippen LogP contribution in [0.1, 0.15) is 28.7 Å². The summed E-state index contributed by atoms with van der Waals surface area (Å²) in [5.74, 6) is 0.891. The van der Waals surface area contributed by atoms with Crippen LogP contribution >= 0.6 is 0 Å². The summed E-state index contributed by atoms with van der Waals surface area (Å²) in [7, 11) is 0. The summed E-state index contributed by atoms with van der Waals surface area (Å²) in [4.78, 5) is 17.0. The molecule has 2 aromatic carbocycles. The molecule has 0 aliphatic rings. The third-order valence-electron chi connectivity index (χ3n) is 4.19. The topological polar surface area (TPSA) is 72.9 Å². The molecule has 0 aliphatic carbocycles. The number of carbonyl (C=O) groups excluding carboxylic acids is 1. The van der Waals surface area contributed by atoms with E-state index in [4.69, 9.17) is 5.73 Å². The fraction of sp³-hybridized carbons (Fsp3) is 0.263. The van der Waals surface area contributed by atoms with E-state index in [-0.39, 0.29) is 5.91 Å². The molecule has 1 heterocycles. The molecule has 0 spiro atoms. The van der Waals surface area contributed by atoms with Crippen LogP contribution in [0.15, 0.2) is 42.5 Å². The zero-order valence-corrected chi connectivity index (χ0v) is 14.0. The molecule has 124 valence electrons. The molecule has 0 atom stereocenters. The van der Waals surface area contributed by atoms with Crippen molar-refractivity contribution in [2.75, 3.05) is 12.3 Å². The number of anilines is 1. The quantitative estimate of drug-likeness (QED) is 0.709. The predicted molar refractivity (Wildman–Crippen MR) is 97.0 cm³/mol. The van der Waals surface area contributed by atoms with Gasteiger partial charge in [0, 0.05) is 30.8 Å². The first-order chi connectivity index (χ1) is 11.6. The fourth-order valence-electron chi connectivity index (χ4n) is 2.94. The maximum Gasteiger partial charge on any atom is 0.251 e. The first kappa shape index (κ1) is 16.1. The van der Waals surface area contributed by atoms with Gasteiger partial charge in [0.1, 0.15) is 5.82 Å². The van der Waals surface area contributed by atoms with Gasteiger partial charge >= 0.3 is 0 Å². The molecule has 3 N–H and O–H groups in total. The van der Waals surface area contributed by atoms with E-state index in [1.165, 1.54) is 0 Å². The van der Waals surface area contributed by atoms with E-state index in [9.17, 15) is 4.79 Å². The summed E-state index contributed by atoms with van der Waals surface area (Å²) >= 11 is 0. The highest BCUT2D eigenvalue weighted by Crippen LogP contribution is 2.16. The standard InChI is InChI=1S/C19H22N4O/c1-3-23-17-7-5-4-6-16(17)22-18(23)10-11-21-19(24)15-12-14(20)9-8-13(15)2/h4-9,12H,3,10-11,20H2,1-2H3,(H,21,24). The molecule has 3 rings (SSSR count). The Balaban J connectivity index is 1.70. The number of fused-ring (bicyclic) bond motifs is 1. The molecule has 0 unspecified atom stereocenters. The van der Waals surface area contributed by atoms with E-state index in [2.05, 4.69) is 27.9 Å². The van der Waals surface area contributed by atoms with Crippen molar-refractivity contribution in [2.24, 2.45) is 0 Å². The van der Waals surface area contributed by atoms with Gasteiger partial charge in [-0.15, -0.1) is 0 Å². The molecule has 5 heteroatoms. The molecule has 1 amide bonds. The highest BCUT2D eigenvalue weighted by molar-refractivity contribution is 5.96. The normalized spacial score (nSPS) is 10.9. The summed E-state index contributed by atoms with van der Waals surface area (Å²) in [6.07, 6.45) is 0.690. The Hall–Kier alpha value is -2.82. The molecule has 1 aromatic heterocycles. The number of nitrogens with two attached hydrogens (primary N) is 1. The van der Waals surface area contributed by atoms with Gasteiger partial charge in [-0.2, -0.15) is 0 Å². The van der Waals surface area contributed by atoms with Crippen LogP contribution < -0.4 is 11.1 Å². The van der Waals surface area contributed by atoms with Crippen molar-refractivity contribution < 1.29 is 4.79 Å². The van der Waals surface area contributed by atoms with E-state index in [0.29, 0.717) is 24.2 Å². The van der Waals surface area contributed by atoms with Crippen LogP contribution in [0.2, 0.25) is 0 Å². The van der Waals surface area contributed by atoms with Crippen molar-refractivity contribution in [2.45, 2.75) is 26.8 Å². The molecule has 3 aromatic rings. The molecular weight excluding hydrogens is 300 g/mol. The van der Waals surface area contributed by atoms with Crippen LogP contribution in [0, 0.1) is 6.92 Å². The number of benzene rings is 2.